The summed E-state index contributed by atoms with van der Waals surface area (Å²) in [6.45, 7) is 8.29. The van der Waals surface area contributed by atoms with Gasteiger partial charge in [0.2, 0.25) is 5.91 Å². The van der Waals surface area contributed by atoms with Crippen LogP contribution in [-0.2, 0) is 4.79 Å². The summed E-state index contributed by atoms with van der Waals surface area (Å²) >= 11 is 0. The van der Waals surface area contributed by atoms with Crippen molar-refractivity contribution in [3.05, 3.63) is 0 Å². The van der Waals surface area contributed by atoms with E-state index < -0.39 is 11.6 Å². The van der Waals surface area contributed by atoms with Crippen LogP contribution in [0.2, 0.25) is 0 Å². The SMILES string of the molecule is CC(C)=NC(C(=O)N1C(C#N)CC2C(C)C21C)C12CC3CC(CC(O)(C3)C1)C2. The van der Waals surface area contributed by atoms with Gasteiger partial charge in [-0.1, -0.05) is 6.92 Å². The zero-order valence-electron chi connectivity index (χ0n) is 17.6. The smallest absolute Gasteiger partial charge is 0.249 e. The number of likely N-dealkylation sites (tertiary alicyclic amines) is 1. The third kappa shape index (κ3) is 2.33. The molecule has 0 radical (unpaired) electrons. The Morgan fingerprint density at radius 2 is 1.86 bits per heavy atom. The molecular weight excluding hydrogens is 350 g/mol. The van der Waals surface area contributed by atoms with Crippen LogP contribution in [0.3, 0.4) is 0 Å². The molecule has 1 amide bonds. The molecule has 0 aromatic rings. The van der Waals surface area contributed by atoms with Crippen LogP contribution in [0.1, 0.15) is 72.6 Å². The Kier molecular flexibility index (Phi) is 3.72. The standard InChI is InChI=1S/C23H33N3O2/c1-13(2)25-19(20(27)26-17(11-24)6-18-14(3)21(18,26)4)22-7-15-5-16(8-22)10-23(28,9-15)12-22/h14-19,28H,5-10,12H2,1-4H3. The molecule has 6 rings (SSSR count). The molecule has 5 nitrogen and oxygen atoms in total. The summed E-state index contributed by atoms with van der Waals surface area (Å²) in [7, 11) is 0. The van der Waals surface area contributed by atoms with Gasteiger partial charge < -0.3 is 10.0 Å². The second-order valence-corrected chi connectivity index (χ2v) is 11.2. The van der Waals surface area contributed by atoms with Gasteiger partial charge in [-0.05, 0) is 89.4 Å². The van der Waals surface area contributed by atoms with Gasteiger partial charge in [-0.15, -0.1) is 0 Å². The highest BCUT2D eigenvalue weighted by Gasteiger charge is 2.71. The summed E-state index contributed by atoms with van der Waals surface area (Å²) in [6.07, 6.45) is 6.47. The Balaban J connectivity index is 1.54. The third-order valence-electron chi connectivity index (χ3n) is 9.14. The second-order valence-electron chi connectivity index (χ2n) is 11.2. The molecule has 1 heterocycles. The van der Waals surface area contributed by atoms with E-state index in [1.165, 1.54) is 6.42 Å². The van der Waals surface area contributed by atoms with Gasteiger partial charge in [-0.2, -0.15) is 5.26 Å². The number of carbonyl (C=O) groups excluding carboxylic acids is 1. The van der Waals surface area contributed by atoms with Gasteiger partial charge in [0, 0.05) is 16.7 Å². The lowest BCUT2D eigenvalue weighted by Gasteiger charge is -2.61. The molecule has 4 bridgehead atoms. The van der Waals surface area contributed by atoms with Crippen molar-refractivity contribution in [3.8, 4) is 6.07 Å². The molecule has 5 aliphatic carbocycles. The predicted octanol–water partition coefficient (Wildman–Crippen LogP) is 3.32. The van der Waals surface area contributed by atoms with E-state index in [4.69, 9.17) is 4.99 Å². The van der Waals surface area contributed by atoms with Crippen LogP contribution in [0, 0.1) is 40.4 Å². The normalized spacial score (nSPS) is 51.4. The van der Waals surface area contributed by atoms with Crippen LogP contribution in [0.15, 0.2) is 4.99 Å². The number of amides is 1. The molecule has 6 aliphatic rings. The first-order valence-corrected chi connectivity index (χ1v) is 11.1. The second kappa shape index (κ2) is 5.59. The maximum atomic E-state index is 14.0. The number of nitrogens with zero attached hydrogens (tertiary/aromatic N) is 3. The number of aliphatic hydroxyl groups is 1. The first-order chi connectivity index (χ1) is 13.1. The molecule has 1 N–H and O–H groups in total. The number of rotatable bonds is 3. The number of piperidine rings is 1. The van der Waals surface area contributed by atoms with Gasteiger partial charge in [0.25, 0.3) is 0 Å². The van der Waals surface area contributed by atoms with Crippen molar-refractivity contribution in [3.63, 3.8) is 0 Å². The van der Waals surface area contributed by atoms with Crippen molar-refractivity contribution in [1.82, 2.24) is 4.90 Å². The number of hydrogen-bond donors (Lipinski definition) is 1. The largest absolute Gasteiger partial charge is 0.390 e. The van der Waals surface area contributed by atoms with Crippen molar-refractivity contribution in [2.24, 2.45) is 34.1 Å². The molecule has 0 aromatic heterocycles. The number of aliphatic imine (C=N–C) groups is 1. The number of fused-ring (bicyclic) bond motifs is 1. The lowest BCUT2D eigenvalue weighted by atomic mass is 9.46. The fraction of sp³-hybridized carbons (Fsp3) is 0.870. The lowest BCUT2D eigenvalue weighted by molar-refractivity contribution is -0.178. The summed E-state index contributed by atoms with van der Waals surface area (Å²) in [4.78, 5) is 20.9. The van der Waals surface area contributed by atoms with Crippen molar-refractivity contribution in [2.75, 3.05) is 0 Å². The van der Waals surface area contributed by atoms with E-state index in [1.807, 2.05) is 18.7 Å². The molecule has 7 unspecified atom stereocenters. The molecule has 5 saturated carbocycles. The van der Waals surface area contributed by atoms with E-state index >= 15 is 0 Å². The Morgan fingerprint density at radius 3 is 2.39 bits per heavy atom. The van der Waals surface area contributed by atoms with Crippen LogP contribution >= 0.6 is 0 Å². The number of nitriles is 1. The van der Waals surface area contributed by atoms with Crippen molar-refractivity contribution in [2.45, 2.75) is 95.9 Å². The maximum Gasteiger partial charge on any atom is 0.249 e. The molecule has 1 saturated heterocycles. The van der Waals surface area contributed by atoms with E-state index in [0.29, 0.717) is 30.1 Å². The van der Waals surface area contributed by atoms with Crippen molar-refractivity contribution in [1.29, 1.82) is 5.26 Å². The fourth-order valence-electron chi connectivity index (χ4n) is 8.29. The van der Waals surface area contributed by atoms with E-state index in [1.54, 1.807) is 0 Å². The van der Waals surface area contributed by atoms with Crippen LogP contribution in [0.5, 0.6) is 0 Å². The molecule has 0 spiro atoms. The van der Waals surface area contributed by atoms with Crippen LogP contribution in [0.4, 0.5) is 0 Å². The van der Waals surface area contributed by atoms with Crippen molar-refractivity contribution < 1.29 is 9.90 Å². The van der Waals surface area contributed by atoms with Crippen LogP contribution in [0.25, 0.3) is 0 Å². The van der Waals surface area contributed by atoms with E-state index in [9.17, 15) is 15.2 Å². The Bertz CT molecular complexity index is 780. The van der Waals surface area contributed by atoms with Gasteiger partial charge in [-0.25, -0.2) is 0 Å². The monoisotopic (exact) mass is 383 g/mol. The number of carbonyl (C=O) groups is 1. The average molecular weight is 384 g/mol. The Hall–Kier alpha value is -1.41. The molecule has 5 heteroatoms. The summed E-state index contributed by atoms with van der Waals surface area (Å²) in [5.74, 6) is 1.97. The van der Waals surface area contributed by atoms with E-state index in [2.05, 4.69) is 19.9 Å². The molecule has 7 atom stereocenters. The van der Waals surface area contributed by atoms with Gasteiger partial charge >= 0.3 is 0 Å². The van der Waals surface area contributed by atoms with Gasteiger partial charge in [-0.3, -0.25) is 9.79 Å². The summed E-state index contributed by atoms with van der Waals surface area (Å²) in [6, 6.07) is 1.62. The van der Waals surface area contributed by atoms with Gasteiger partial charge in [0.05, 0.1) is 11.7 Å². The van der Waals surface area contributed by atoms with Crippen LogP contribution < -0.4 is 0 Å². The minimum atomic E-state index is -0.612. The third-order valence-corrected chi connectivity index (χ3v) is 9.14. The zero-order valence-corrected chi connectivity index (χ0v) is 17.6. The van der Waals surface area contributed by atoms with Crippen molar-refractivity contribution >= 4 is 11.6 Å². The van der Waals surface area contributed by atoms with Gasteiger partial charge in [0.15, 0.2) is 0 Å². The summed E-state index contributed by atoms with van der Waals surface area (Å²) in [5.41, 5.74) is -0.121. The quantitative estimate of drug-likeness (QED) is 0.760. The molecule has 28 heavy (non-hydrogen) atoms. The summed E-state index contributed by atoms with van der Waals surface area (Å²) < 4.78 is 0. The first kappa shape index (κ1) is 18.6. The molecule has 6 fully saturated rings. The highest BCUT2D eigenvalue weighted by atomic mass is 16.3. The zero-order chi connectivity index (χ0) is 20.1. The Labute approximate surface area is 168 Å². The molecule has 0 aromatic carbocycles. The van der Waals surface area contributed by atoms with E-state index in [-0.39, 0.29) is 22.9 Å². The van der Waals surface area contributed by atoms with Crippen LogP contribution in [-0.4, -0.2) is 44.8 Å². The highest BCUT2D eigenvalue weighted by Crippen LogP contribution is 2.66. The number of hydrogen-bond acceptors (Lipinski definition) is 4. The topological polar surface area (TPSA) is 76.7 Å². The minimum absolute atomic E-state index is 0.0488. The van der Waals surface area contributed by atoms with E-state index in [0.717, 1.165) is 37.8 Å². The molecular formula is C23H33N3O2. The predicted molar refractivity (Wildman–Crippen MR) is 107 cm³/mol. The molecule has 1 aliphatic heterocycles. The minimum Gasteiger partial charge on any atom is -0.390 e. The fourth-order valence-corrected chi connectivity index (χ4v) is 8.29. The maximum absolute atomic E-state index is 14.0. The Morgan fingerprint density at radius 1 is 1.21 bits per heavy atom. The highest BCUT2D eigenvalue weighted by molar-refractivity contribution is 5.89. The van der Waals surface area contributed by atoms with Gasteiger partial charge in [0.1, 0.15) is 12.1 Å². The summed E-state index contributed by atoms with van der Waals surface area (Å²) in [5, 5.41) is 21.0. The average Bonchev–Trinajstić information content (AvgIpc) is 2.94. The first-order valence-electron chi connectivity index (χ1n) is 11.1. The molecule has 152 valence electrons. The lowest BCUT2D eigenvalue weighted by Crippen LogP contribution is -2.62.